The van der Waals surface area contributed by atoms with E-state index in [0.29, 0.717) is 18.1 Å². The SMILES string of the molecule is CC1=NC=NC(Oc2ccc(C(F)(F)F)cc2)=CC1. The molecule has 19 heavy (non-hydrogen) atoms. The summed E-state index contributed by atoms with van der Waals surface area (Å²) in [5, 5.41) is 0. The smallest absolute Gasteiger partial charge is 0.416 e. The number of rotatable bonds is 2. The molecule has 0 aromatic heterocycles. The van der Waals surface area contributed by atoms with Crippen LogP contribution in [0.4, 0.5) is 13.2 Å². The fourth-order valence-electron chi connectivity index (χ4n) is 1.43. The maximum Gasteiger partial charge on any atom is 0.416 e. The molecule has 0 saturated carbocycles. The van der Waals surface area contributed by atoms with Gasteiger partial charge in [-0.05, 0) is 37.3 Å². The number of ether oxygens (including phenoxy) is 1. The highest BCUT2D eigenvalue weighted by Gasteiger charge is 2.30. The van der Waals surface area contributed by atoms with Crippen molar-refractivity contribution in [3.63, 3.8) is 0 Å². The predicted molar refractivity (Wildman–Crippen MR) is 66.4 cm³/mol. The second kappa shape index (κ2) is 5.26. The molecule has 0 amide bonds. The van der Waals surface area contributed by atoms with E-state index >= 15 is 0 Å². The summed E-state index contributed by atoms with van der Waals surface area (Å²) in [5.41, 5.74) is 0.173. The quantitative estimate of drug-likeness (QED) is 0.802. The van der Waals surface area contributed by atoms with Gasteiger partial charge in [-0.2, -0.15) is 13.2 Å². The third kappa shape index (κ3) is 3.67. The van der Waals surface area contributed by atoms with Crippen molar-refractivity contribution >= 4 is 12.1 Å². The Bertz CT molecular complexity index is 542. The van der Waals surface area contributed by atoms with Gasteiger partial charge in [0.2, 0.25) is 5.88 Å². The number of hydrogen-bond donors (Lipinski definition) is 0. The van der Waals surface area contributed by atoms with Gasteiger partial charge in [-0.15, -0.1) is 0 Å². The Labute approximate surface area is 108 Å². The van der Waals surface area contributed by atoms with Crippen molar-refractivity contribution in [3.05, 3.63) is 41.8 Å². The van der Waals surface area contributed by atoms with Crippen LogP contribution in [-0.2, 0) is 6.18 Å². The minimum atomic E-state index is -4.34. The molecule has 0 saturated heterocycles. The average Bonchev–Trinajstić information content (AvgIpc) is 2.54. The topological polar surface area (TPSA) is 34.0 Å². The molecule has 0 atom stereocenters. The third-order valence-electron chi connectivity index (χ3n) is 2.44. The fraction of sp³-hybridized carbons (Fsp3) is 0.231. The van der Waals surface area contributed by atoms with Gasteiger partial charge in [0.15, 0.2) is 0 Å². The Kier molecular flexibility index (Phi) is 3.69. The summed E-state index contributed by atoms with van der Waals surface area (Å²) >= 11 is 0. The minimum Gasteiger partial charge on any atom is -0.439 e. The summed E-state index contributed by atoms with van der Waals surface area (Å²) < 4.78 is 42.5. The lowest BCUT2D eigenvalue weighted by molar-refractivity contribution is -0.137. The second-order valence-electron chi connectivity index (χ2n) is 3.98. The lowest BCUT2D eigenvalue weighted by Crippen LogP contribution is -2.04. The van der Waals surface area contributed by atoms with Crippen LogP contribution in [0, 0.1) is 0 Å². The first-order valence-corrected chi connectivity index (χ1v) is 5.56. The molecule has 0 fully saturated rings. The number of benzene rings is 1. The summed E-state index contributed by atoms with van der Waals surface area (Å²) in [5.74, 6) is 0.622. The van der Waals surface area contributed by atoms with Gasteiger partial charge in [-0.25, -0.2) is 9.98 Å². The van der Waals surface area contributed by atoms with Gasteiger partial charge in [0, 0.05) is 12.1 Å². The van der Waals surface area contributed by atoms with E-state index in [1.807, 2.05) is 6.92 Å². The molecule has 1 aliphatic rings. The van der Waals surface area contributed by atoms with E-state index in [0.717, 1.165) is 17.8 Å². The first kappa shape index (κ1) is 13.3. The first-order valence-electron chi connectivity index (χ1n) is 5.56. The molecule has 2 rings (SSSR count). The third-order valence-corrected chi connectivity index (χ3v) is 2.44. The van der Waals surface area contributed by atoms with Crippen molar-refractivity contribution < 1.29 is 17.9 Å². The molecule has 0 N–H and O–H groups in total. The van der Waals surface area contributed by atoms with Crippen LogP contribution in [-0.4, -0.2) is 12.1 Å². The van der Waals surface area contributed by atoms with Crippen LogP contribution in [0.15, 0.2) is 46.2 Å². The van der Waals surface area contributed by atoms with Crippen molar-refractivity contribution in [1.82, 2.24) is 0 Å². The lowest BCUT2D eigenvalue weighted by Gasteiger charge is -2.08. The van der Waals surface area contributed by atoms with Crippen molar-refractivity contribution in [1.29, 1.82) is 0 Å². The Hall–Kier alpha value is -2.11. The molecule has 0 radical (unpaired) electrons. The molecule has 1 aromatic rings. The number of nitrogens with zero attached hydrogens (tertiary/aromatic N) is 2. The van der Waals surface area contributed by atoms with Gasteiger partial charge in [0.05, 0.1) is 5.56 Å². The monoisotopic (exact) mass is 268 g/mol. The van der Waals surface area contributed by atoms with Gasteiger partial charge < -0.3 is 4.74 Å². The number of allylic oxidation sites excluding steroid dienone is 1. The van der Waals surface area contributed by atoms with E-state index in [4.69, 9.17) is 4.74 Å². The molecule has 100 valence electrons. The molecular formula is C13H11F3N2O. The largest absolute Gasteiger partial charge is 0.439 e. The zero-order valence-corrected chi connectivity index (χ0v) is 10.1. The van der Waals surface area contributed by atoms with Crippen molar-refractivity contribution in [3.8, 4) is 5.75 Å². The Morgan fingerprint density at radius 1 is 1.16 bits per heavy atom. The molecule has 1 aromatic carbocycles. The Balaban J connectivity index is 2.09. The van der Waals surface area contributed by atoms with E-state index in [1.165, 1.54) is 18.5 Å². The van der Waals surface area contributed by atoms with Crippen LogP contribution in [0.25, 0.3) is 0 Å². The van der Waals surface area contributed by atoms with Crippen LogP contribution < -0.4 is 4.74 Å². The van der Waals surface area contributed by atoms with E-state index < -0.39 is 11.7 Å². The van der Waals surface area contributed by atoms with Crippen molar-refractivity contribution in [2.24, 2.45) is 9.98 Å². The number of halogens is 3. The second-order valence-corrected chi connectivity index (χ2v) is 3.98. The van der Waals surface area contributed by atoms with Crippen LogP contribution in [0.3, 0.4) is 0 Å². The maximum absolute atomic E-state index is 12.4. The van der Waals surface area contributed by atoms with Crippen LogP contribution in [0.2, 0.25) is 0 Å². The average molecular weight is 268 g/mol. The highest BCUT2D eigenvalue weighted by Crippen LogP contribution is 2.30. The van der Waals surface area contributed by atoms with Crippen LogP contribution >= 0.6 is 0 Å². The molecule has 3 nitrogen and oxygen atoms in total. The van der Waals surface area contributed by atoms with Crippen molar-refractivity contribution in [2.75, 3.05) is 0 Å². The van der Waals surface area contributed by atoms with E-state index in [-0.39, 0.29) is 0 Å². The number of hydrogen-bond acceptors (Lipinski definition) is 3. The van der Waals surface area contributed by atoms with Gasteiger partial charge in [0.25, 0.3) is 0 Å². The summed E-state index contributed by atoms with van der Waals surface area (Å²) in [6, 6.07) is 4.46. The normalized spacial score (nSPS) is 15.6. The molecule has 1 heterocycles. The maximum atomic E-state index is 12.4. The summed E-state index contributed by atoms with van der Waals surface area (Å²) in [6.45, 7) is 1.85. The van der Waals surface area contributed by atoms with Gasteiger partial charge in [-0.1, -0.05) is 0 Å². The minimum absolute atomic E-state index is 0.302. The highest BCUT2D eigenvalue weighted by atomic mass is 19.4. The summed E-state index contributed by atoms with van der Waals surface area (Å²) in [4.78, 5) is 7.95. The Morgan fingerprint density at radius 2 is 1.84 bits per heavy atom. The zero-order valence-electron chi connectivity index (χ0n) is 10.1. The van der Waals surface area contributed by atoms with Crippen LogP contribution in [0.1, 0.15) is 18.9 Å². The molecule has 0 bridgehead atoms. The van der Waals surface area contributed by atoms with E-state index in [2.05, 4.69) is 9.98 Å². The summed E-state index contributed by atoms with van der Waals surface area (Å²) in [6.07, 6.45) is -0.669. The van der Waals surface area contributed by atoms with Crippen molar-refractivity contribution in [2.45, 2.75) is 19.5 Å². The predicted octanol–water partition coefficient (Wildman–Crippen LogP) is 3.82. The van der Waals surface area contributed by atoms with E-state index in [1.54, 1.807) is 6.08 Å². The Morgan fingerprint density at radius 3 is 2.47 bits per heavy atom. The number of aliphatic imine (C=N–C) groups is 2. The fourth-order valence-corrected chi connectivity index (χ4v) is 1.43. The van der Waals surface area contributed by atoms with Gasteiger partial charge in [-0.3, -0.25) is 0 Å². The van der Waals surface area contributed by atoms with Crippen LogP contribution in [0.5, 0.6) is 5.75 Å². The first-order chi connectivity index (χ1) is 8.95. The van der Waals surface area contributed by atoms with E-state index in [9.17, 15) is 13.2 Å². The highest BCUT2D eigenvalue weighted by molar-refractivity contribution is 5.90. The molecule has 1 aliphatic heterocycles. The molecule has 6 heteroatoms. The zero-order chi connectivity index (χ0) is 13.9. The summed E-state index contributed by atoms with van der Waals surface area (Å²) in [7, 11) is 0. The molecule has 0 unspecified atom stereocenters. The van der Waals surface area contributed by atoms with Gasteiger partial charge in [0.1, 0.15) is 12.1 Å². The number of alkyl halides is 3. The molecule has 0 aliphatic carbocycles. The standard InChI is InChI=1S/C13H11F3N2O/c1-9-2-7-12(18-8-17-9)19-11-5-3-10(4-6-11)13(14,15)16/h3-8H,2H2,1H3. The lowest BCUT2D eigenvalue weighted by atomic mass is 10.2. The van der Waals surface area contributed by atoms with Gasteiger partial charge >= 0.3 is 6.18 Å². The molecular weight excluding hydrogens is 257 g/mol. The molecule has 0 spiro atoms.